The number of carbonyl (C=O) groups is 3. The first-order valence-corrected chi connectivity index (χ1v) is 12.9. The molecule has 0 aromatic heterocycles. The van der Waals surface area contributed by atoms with E-state index in [4.69, 9.17) is 15.2 Å². The number of amides is 2. The lowest BCUT2D eigenvalue weighted by Gasteiger charge is -2.35. The lowest BCUT2D eigenvalue weighted by molar-refractivity contribution is -0.143. The Balaban J connectivity index is 1.28. The maximum Gasteiger partial charge on any atom is 0.414 e. The van der Waals surface area contributed by atoms with Crippen LogP contribution in [0.1, 0.15) is 34.8 Å². The predicted molar refractivity (Wildman–Crippen MR) is 144 cm³/mol. The molecule has 0 spiro atoms. The normalized spacial score (nSPS) is 18.5. The van der Waals surface area contributed by atoms with Crippen molar-refractivity contribution in [3.8, 4) is 6.07 Å². The summed E-state index contributed by atoms with van der Waals surface area (Å²) < 4.78 is 10.6. The SMILES string of the molecule is CCOC(=O)CCN1CCN(CC2CN(c3ccc(C(N)=NC(=O)c4ccccc4C#N)cc3)C(=O)O2)CC1. The maximum atomic E-state index is 12.6. The molecule has 2 aromatic carbocycles. The molecule has 2 amide bonds. The fourth-order valence-corrected chi connectivity index (χ4v) is 4.61. The summed E-state index contributed by atoms with van der Waals surface area (Å²) in [6.07, 6.45) is -0.274. The van der Waals surface area contributed by atoms with Gasteiger partial charge in [-0.15, -0.1) is 0 Å². The smallest absolute Gasteiger partial charge is 0.414 e. The number of anilines is 1. The number of nitrogens with zero attached hydrogens (tertiary/aromatic N) is 5. The van der Waals surface area contributed by atoms with E-state index in [0.29, 0.717) is 43.9 Å². The Morgan fingerprint density at radius 1 is 1.10 bits per heavy atom. The second kappa shape index (κ2) is 13.0. The summed E-state index contributed by atoms with van der Waals surface area (Å²) in [6.45, 7) is 7.31. The number of ether oxygens (including phenoxy) is 2. The third kappa shape index (κ3) is 7.19. The molecule has 2 aliphatic heterocycles. The van der Waals surface area contributed by atoms with Gasteiger partial charge in [0.25, 0.3) is 5.91 Å². The molecule has 2 aliphatic rings. The average Bonchev–Trinajstić information content (AvgIpc) is 3.32. The van der Waals surface area contributed by atoms with Crippen molar-refractivity contribution >= 4 is 29.5 Å². The molecule has 0 bridgehead atoms. The zero-order valence-electron chi connectivity index (χ0n) is 21.9. The van der Waals surface area contributed by atoms with Crippen LogP contribution in [0.3, 0.4) is 0 Å². The highest BCUT2D eigenvalue weighted by Gasteiger charge is 2.34. The number of amidine groups is 1. The molecule has 0 aliphatic carbocycles. The zero-order chi connectivity index (χ0) is 27.8. The highest BCUT2D eigenvalue weighted by atomic mass is 16.6. The number of rotatable bonds is 9. The fraction of sp³-hybridized carbons (Fsp3) is 0.393. The predicted octanol–water partition coefficient (Wildman–Crippen LogP) is 2.00. The van der Waals surface area contributed by atoms with E-state index in [1.165, 1.54) is 6.07 Å². The van der Waals surface area contributed by atoms with Crippen molar-refractivity contribution in [2.24, 2.45) is 10.7 Å². The van der Waals surface area contributed by atoms with Gasteiger partial charge in [0, 0.05) is 50.5 Å². The van der Waals surface area contributed by atoms with Gasteiger partial charge in [0.05, 0.1) is 36.8 Å². The molecule has 2 aromatic rings. The molecule has 1 atom stereocenters. The first-order valence-electron chi connectivity index (χ1n) is 12.9. The Bertz CT molecular complexity index is 1260. The summed E-state index contributed by atoms with van der Waals surface area (Å²) >= 11 is 0. The molecule has 0 radical (unpaired) electrons. The standard InChI is InChI=1S/C28H32N6O5/c1-2-38-25(35)11-12-32-13-15-33(16-14-32)18-23-19-34(28(37)39-23)22-9-7-20(8-10-22)26(30)31-27(36)24-6-4-3-5-21(24)17-29/h3-10,23H,2,11-16,18-19H2,1H3,(H2,30,31,36). The lowest BCUT2D eigenvalue weighted by atomic mass is 10.1. The van der Waals surface area contributed by atoms with E-state index in [-0.39, 0.29) is 29.0 Å². The van der Waals surface area contributed by atoms with Gasteiger partial charge in [-0.3, -0.25) is 19.4 Å². The van der Waals surface area contributed by atoms with Gasteiger partial charge in [0.15, 0.2) is 0 Å². The number of nitriles is 1. The minimum atomic E-state index is -0.598. The quantitative estimate of drug-likeness (QED) is 0.291. The van der Waals surface area contributed by atoms with Crippen molar-refractivity contribution < 1.29 is 23.9 Å². The largest absolute Gasteiger partial charge is 0.466 e. The Morgan fingerprint density at radius 3 is 2.49 bits per heavy atom. The average molecular weight is 533 g/mol. The van der Waals surface area contributed by atoms with E-state index in [9.17, 15) is 19.6 Å². The van der Waals surface area contributed by atoms with Gasteiger partial charge in [0.2, 0.25) is 0 Å². The van der Waals surface area contributed by atoms with Crippen LogP contribution in [-0.4, -0.2) is 92.1 Å². The number of aliphatic imine (C=N–C) groups is 1. The molecule has 1 unspecified atom stereocenters. The third-order valence-corrected chi connectivity index (χ3v) is 6.71. The molecule has 2 fully saturated rings. The van der Waals surface area contributed by atoms with Gasteiger partial charge >= 0.3 is 12.1 Å². The summed E-state index contributed by atoms with van der Waals surface area (Å²) in [7, 11) is 0. The summed E-state index contributed by atoms with van der Waals surface area (Å²) in [5, 5.41) is 9.20. The number of piperazine rings is 1. The molecule has 2 heterocycles. The van der Waals surface area contributed by atoms with Crippen LogP contribution in [0.5, 0.6) is 0 Å². The first-order chi connectivity index (χ1) is 18.9. The van der Waals surface area contributed by atoms with Crippen molar-refractivity contribution in [1.82, 2.24) is 9.80 Å². The van der Waals surface area contributed by atoms with E-state index < -0.39 is 12.0 Å². The van der Waals surface area contributed by atoms with Crippen LogP contribution in [0.2, 0.25) is 0 Å². The summed E-state index contributed by atoms with van der Waals surface area (Å²) in [5.41, 5.74) is 7.64. The Kier molecular flexibility index (Phi) is 9.25. The number of nitrogens with two attached hydrogens (primary N) is 1. The molecule has 39 heavy (non-hydrogen) atoms. The number of carbonyl (C=O) groups excluding carboxylic acids is 3. The van der Waals surface area contributed by atoms with Crippen molar-refractivity contribution in [1.29, 1.82) is 5.26 Å². The first kappa shape index (κ1) is 27.8. The van der Waals surface area contributed by atoms with Crippen LogP contribution in [0.25, 0.3) is 0 Å². The summed E-state index contributed by atoms with van der Waals surface area (Å²) in [5.74, 6) is -0.752. The highest BCUT2D eigenvalue weighted by molar-refractivity contribution is 6.09. The zero-order valence-corrected chi connectivity index (χ0v) is 21.9. The van der Waals surface area contributed by atoms with Crippen LogP contribution < -0.4 is 10.6 Å². The topological polar surface area (TPSA) is 142 Å². The Morgan fingerprint density at radius 2 is 1.79 bits per heavy atom. The molecular formula is C28H32N6O5. The fourth-order valence-electron chi connectivity index (χ4n) is 4.61. The van der Waals surface area contributed by atoms with E-state index in [2.05, 4.69) is 14.8 Å². The Labute approximate surface area is 227 Å². The summed E-state index contributed by atoms with van der Waals surface area (Å²) in [4.78, 5) is 46.7. The van der Waals surface area contributed by atoms with Crippen molar-refractivity contribution in [3.05, 3.63) is 65.2 Å². The van der Waals surface area contributed by atoms with Crippen LogP contribution in [-0.2, 0) is 14.3 Å². The number of cyclic esters (lactones) is 1. The lowest BCUT2D eigenvalue weighted by Crippen LogP contribution is -2.49. The second-order valence-corrected chi connectivity index (χ2v) is 9.32. The number of esters is 1. The van der Waals surface area contributed by atoms with Crippen LogP contribution >= 0.6 is 0 Å². The maximum absolute atomic E-state index is 12.6. The van der Waals surface area contributed by atoms with Crippen LogP contribution in [0.4, 0.5) is 10.5 Å². The molecular weight excluding hydrogens is 500 g/mol. The monoisotopic (exact) mass is 532 g/mol. The van der Waals surface area contributed by atoms with Gasteiger partial charge in [0.1, 0.15) is 11.9 Å². The number of hydrogen-bond donors (Lipinski definition) is 1. The van der Waals surface area contributed by atoms with E-state index in [1.54, 1.807) is 54.3 Å². The molecule has 11 heteroatoms. The van der Waals surface area contributed by atoms with Gasteiger partial charge in [-0.1, -0.05) is 12.1 Å². The van der Waals surface area contributed by atoms with Gasteiger partial charge in [-0.05, 0) is 43.3 Å². The van der Waals surface area contributed by atoms with Gasteiger partial charge in [-0.25, -0.2) is 4.79 Å². The number of hydrogen-bond acceptors (Lipinski definition) is 8. The second-order valence-electron chi connectivity index (χ2n) is 9.32. The molecule has 204 valence electrons. The summed E-state index contributed by atoms with van der Waals surface area (Å²) in [6, 6.07) is 15.2. The van der Waals surface area contributed by atoms with E-state index in [1.807, 2.05) is 6.07 Å². The molecule has 0 saturated carbocycles. The van der Waals surface area contributed by atoms with Crippen molar-refractivity contribution in [2.75, 3.05) is 57.3 Å². The Hall–Kier alpha value is -4.27. The van der Waals surface area contributed by atoms with Crippen molar-refractivity contribution in [3.63, 3.8) is 0 Å². The van der Waals surface area contributed by atoms with Crippen molar-refractivity contribution in [2.45, 2.75) is 19.4 Å². The number of benzene rings is 2. The van der Waals surface area contributed by atoms with Crippen LogP contribution in [0, 0.1) is 11.3 Å². The van der Waals surface area contributed by atoms with Gasteiger partial charge < -0.3 is 20.1 Å². The van der Waals surface area contributed by atoms with E-state index >= 15 is 0 Å². The minimum absolute atomic E-state index is 0.0163. The molecule has 2 N–H and O–H groups in total. The minimum Gasteiger partial charge on any atom is -0.466 e. The van der Waals surface area contributed by atoms with Gasteiger partial charge in [-0.2, -0.15) is 10.3 Å². The highest BCUT2D eigenvalue weighted by Crippen LogP contribution is 2.23. The van der Waals surface area contributed by atoms with Crippen LogP contribution in [0.15, 0.2) is 53.5 Å². The molecule has 11 nitrogen and oxygen atoms in total. The molecule has 2 saturated heterocycles. The van der Waals surface area contributed by atoms with E-state index in [0.717, 1.165) is 26.2 Å². The molecule has 4 rings (SSSR count). The third-order valence-electron chi connectivity index (χ3n) is 6.71.